The molecular formula is C16H19F3N2O2. The zero-order valence-electron chi connectivity index (χ0n) is 13.0. The molecule has 0 aliphatic heterocycles. The minimum Gasteiger partial charge on any atom is -0.441 e. The quantitative estimate of drug-likeness (QED) is 0.882. The Balaban J connectivity index is 2.20. The van der Waals surface area contributed by atoms with Gasteiger partial charge in [-0.3, -0.25) is 0 Å². The van der Waals surface area contributed by atoms with Crippen molar-refractivity contribution in [3.63, 3.8) is 0 Å². The first-order valence-electron chi connectivity index (χ1n) is 7.24. The topological polar surface area (TPSA) is 49.5 Å². The largest absolute Gasteiger partial charge is 0.441 e. The molecule has 0 amide bonds. The normalized spacial score (nSPS) is 12.1. The molecule has 1 N–H and O–H groups in total. The molecule has 7 heteroatoms. The molecule has 23 heavy (non-hydrogen) atoms. The SMILES string of the molecule is Cc1oc(-c2cccc(C(F)(F)F)c2)nc1CN(C)CCCO. The number of aryl methyl sites for hydroxylation is 1. The predicted octanol–water partition coefficient (Wildman–Crippen LogP) is 3.48. The van der Waals surface area contributed by atoms with Gasteiger partial charge in [-0.2, -0.15) is 13.2 Å². The van der Waals surface area contributed by atoms with Crippen molar-refractivity contribution in [1.29, 1.82) is 0 Å². The number of halogens is 3. The van der Waals surface area contributed by atoms with Gasteiger partial charge < -0.3 is 14.4 Å². The van der Waals surface area contributed by atoms with Crippen molar-refractivity contribution in [1.82, 2.24) is 9.88 Å². The van der Waals surface area contributed by atoms with Gasteiger partial charge in [0.1, 0.15) is 5.76 Å². The highest BCUT2D eigenvalue weighted by molar-refractivity contribution is 5.55. The maximum Gasteiger partial charge on any atom is 0.416 e. The molecule has 0 saturated heterocycles. The molecule has 0 radical (unpaired) electrons. The molecule has 4 nitrogen and oxygen atoms in total. The second kappa shape index (κ2) is 7.14. The molecule has 1 heterocycles. The van der Waals surface area contributed by atoms with Crippen molar-refractivity contribution in [3.05, 3.63) is 41.3 Å². The predicted molar refractivity (Wildman–Crippen MR) is 79.7 cm³/mol. The molecule has 1 aromatic carbocycles. The lowest BCUT2D eigenvalue weighted by molar-refractivity contribution is -0.137. The number of oxazole rings is 1. The van der Waals surface area contributed by atoms with Crippen LogP contribution < -0.4 is 0 Å². The van der Waals surface area contributed by atoms with Crippen LogP contribution >= 0.6 is 0 Å². The Bertz CT molecular complexity index is 653. The van der Waals surface area contributed by atoms with Crippen LogP contribution in [0.25, 0.3) is 11.5 Å². The molecule has 0 aliphatic rings. The Hall–Kier alpha value is -1.86. The number of hydrogen-bond acceptors (Lipinski definition) is 4. The molecular weight excluding hydrogens is 309 g/mol. The lowest BCUT2D eigenvalue weighted by Crippen LogP contribution is -2.20. The number of alkyl halides is 3. The number of nitrogens with zero attached hydrogens (tertiary/aromatic N) is 2. The van der Waals surface area contributed by atoms with Crippen LogP contribution in [0, 0.1) is 6.92 Å². The summed E-state index contributed by atoms with van der Waals surface area (Å²) in [4.78, 5) is 6.28. The lowest BCUT2D eigenvalue weighted by atomic mass is 10.1. The van der Waals surface area contributed by atoms with Crippen molar-refractivity contribution in [3.8, 4) is 11.5 Å². The summed E-state index contributed by atoms with van der Waals surface area (Å²) in [6, 6.07) is 4.93. The van der Waals surface area contributed by atoms with Crippen LogP contribution in [0.5, 0.6) is 0 Å². The van der Waals surface area contributed by atoms with Gasteiger partial charge in [-0.05, 0) is 38.6 Å². The first-order chi connectivity index (χ1) is 10.8. The maximum absolute atomic E-state index is 12.8. The Morgan fingerprint density at radius 1 is 1.30 bits per heavy atom. The third kappa shape index (κ3) is 4.56. The monoisotopic (exact) mass is 328 g/mol. The van der Waals surface area contributed by atoms with E-state index in [1.165, 1.54) is 6.07 Å². The van der Waals surface area contributed by atoms with E-state index >= 15 is 0 Å². The van der Waals surface area contributed by atoms with Crippen LogP contribution in [0.1, 0.15) is 23.4 Å². The average Bonchev–Trinajstić information content (AvgIpc) is 2.85. The lowest BCUT2D eigenvalue weighted by Gasteiger charge is -2.14. The van der Waals surface area contributed by atoms with Crippen LogP contribution in [-0.2, 0) is 12.7 Å². The van der Waals surface area contributed by atoms with Gasteiger partial charge in [-0.25, -0.2) is 4.98 Å². The summed E-state index contributed by atoms with van der Waals surface area (Å²) in [7, 11) is 1.88. The summed E-state index contributed by atoms with van der Waals surface area (Å²) in [5.41, 5.74) is 0.248. The highest BCUT2D eigenvalue weighted by Crippen LogP contribution is 2.32. The molecule has 0 fully saturated rings. The number of aliphatic hydroxyl groups excluding tert-OH is 1. The first kappa shape index (κ1) is 17.5. The van der Waals surface area contributed by atoms with E-state index in [1.54, 1.807) is 13.0 Å². The molecule has 0 aliphatic carbocycles. The second-order valence-corrected chi connectivity index (χ2v) is 5.42. The minimum atomic E-state index is -4.40. The Kier molecular flexibility index (Phi) is 5.43. The van der Waals surface area contributed by atoms with Gasteiger partial charge in [0.2, 0.25) is 5.89 Å². The number of aromatic nitrogens is 1. The van der Waals surface area contributed by atoms with Gasteiger partial charge in [0.05, 0.1) is 11.3 Å². The summed E-state index contributed by atoms with van der Waals surface area (Å²) < 4.78 is 43.9. The Morgan fingerprint density at radius 3 is 2.70 bits per heavy atom. The molecule has 1 aromatic heterocycles. The average molecular weight is 328 g/mol. The first-order valence-corrected chi connectivity index (χ1v) is 7.24. The Morgan fingerprint density at radius 2 is 2.04 bits per heavy atom. The summed E-state index contributed by atoms with van der Waals surface area (Å²) in [6.45, 7) is 3.05. The van der Waals surface area contributed by atoms with Gasteiger partial charge in [-0.15, -0.1) is 0 Å². The zero-order chi connectivity index (χ0) is 17.0. The van der Waals surface area contributed by atoms with Gasteiger partial charge in [0, 0.05) is 25.3 Å². The van der Waals surface area contributed by atoms with Gasteiger partial charge in [0.15, 0.2) is 0 Å². The standard InChI is InChI=1S/C16H19F3N2O2/c1-11-14(10-21(2)7-4-8-22)20-15(23-11)12-5-3-6-13(9-12)16(17,18)19/h3,5-6,9,22H,4,7-8,10H2,1-2H3. The van der Waals surface area contributed by atoms with Gasteiger partial charge >= 0.3 is 6.18 Å². The minimum absolute atomic E-state index is 0.109. The van der Waals surface area contributed by atoms with Crippen molar-refractivity contribution in [2.45, 2.75) is 26.1 Å². The van der Waals surface area contributed by atoms with Crippen LogP contribution in [0.2, 0.25) is 0 Å². The van der Waals surface area contributed by atoms with Crippen LogP contribution in [0.15, 0.2) is 28.7 Å². The second-order valence-electron chi connectivity index (χ2n) is 5.42. The third-order valence-electron chi connectivity index (χ3n) is 3.45. The van der Waals surface area contributed by atoms with E-state index in [0.29, 0.717) is 36.5 Å². The smallest absolute Gasteiger partial charge is 0.416 e. The summed E-state index contributed by atoms with van der Waals surface area (Å²) in [5.74, 6) is 0.757. The summed E-state index contributed by atoms with van der Waals surface area (Å²) >= 11 is 0. The number of benzene rings is 1. The molecule has 0 spiro atoms. The molecule has 126 valence electrons. The number of hydrogen-bond donors (Lipinski definition) is 1. The van der Waals surface area contributed by atoms with E-state index in [-0.39, 0.29) is 12.5 Å². The molecule has 0 saturated carbocycles. The summed E-state index contributed by atoms with van der Waals surface area (Å²) in [6.07, 6.45) is -3.75. The van der Waals surface area contributed by atoms with E-state index in [4.69, 9.17) is 9.52 Å². The fourth-order valence-corrected chi connectivity index (χ4v) is 2.20. The summed E-state index contributed by atoms with van der Waals surface area (Å²) in [5, 5.41) is 8.83. The van der Waals surface area contributed by atoms with E-state index in [9.17, 15) is 13.2 Å². The Labute approximate surface area is 132 Å². The molecule has 0 unspecified atom stereocenters. The van der Waals surface area contributed by atoms with E-state index in [2.05, 4.69) is 4.98 Å². The molecule has 0 bridgehead atoms. The van der Waals surface area contributed by atoms with Crippen LogP contribution in [0.3, 0.4) is 0 Å². The van der Waals surface area contributed by atoms with Crippen molar-refractivity contribution < 1.29 is 22.7 Å². The third-order valence-corrected chi connectivity index (χ3v) is 3.45. The van der Waals surface area contributed by atoms with Gasteiger partial charge in [0.25, 0.3) is 0 Å². The van der Waals surface area contributed by atoms with Crippen molar-refractivity contribution >= 4 is 0 Å². The molecule has 2 rings (SSSR count). The highest BCUT2D eigenvalue weighted by atomic mass is 19.4. The fourth-order valence-electron chi connectivity index (χ4n) is 2.20. The van der Waals surface area contributed by atoms with E-state index < -0.39 is 11.7 Å². The number of aliphatic hydroxyl groups is 1. The van der Waals surface area contributed by atoms with Crippen LogP contribution in [-0.4, -0.2) is 35.2 Å². The molecule has 2 aromatic rings. The number of rotatable bonds is 6. The molecule has 0 atom stereocenters. The van der Waals surface area contributed by atoms with Crippen molar-refractivity contribution in [2.24, 2.45) is 0 Å². The fraction of sp³-hybridized carbons (Fsp3) is 0.438. The van der Waals surface area contributed by atoms with E-state index in [1.807, 2.05) is 11.9 Å². The zero-order valence-corrected chi connectivity index (χ0v) is 13.0. The maximum atomic E-state index is 12.8. The van der Waals surface area contributed by atoms with Crippen molar-refractivity contribution in [2.75, 3.05) is 20.2 Å². The van der Waals surface area contributed by atoms with Gasteiger partial charge in [-0.1, -0.05) is 6.07 Å². The van der Waals surface area contributed by atoms with E-state index in [0.717, 1.165) is 12.1 Å². The highest BCUT2D eigenvalue weighted by Gasteiger charge is 2.30. The van der Waals surface area contributed by atoms with Crippen LogP contribution in [0.4, 0.5) is 13.2 Å².